The number of benzene rings is 2. The van der Waals surface area contributed by atoms with E-state index in [-0.39, 0.29) is 10.6 Å². The van der Waals surface area contributed by atoms with E-state index in [4.69, 9.17) is 4.43 Å². The predicted octanol–water partition coefficient (Wildman–Crippen LogP) is 5.90. The Labute approximate surface area is 178 Å². The number of halogens is 2. The fourth-order valence-electron chi connectivity index (χ4n) is 2.53. The molecule has 4 nitrogen and oxygen atoms in total. The quantitative estimate of drug-likeness (QED) is 0.244. The third-order valence-electron chi connectivity index (χ3n) is 5.40. The molecule has 2 rings (SSSR count). The van der Waals surface area contributed by atoms with Crippen LogP contribution in [0.1, 0.15) is 49.5 Å². The summed E-state index contributed by atoms with van der Waals surface area (Å²) in [6, 6.07) is 12.2. The first-order valence-corrected chi connectivity index (χ1v) is 12.9. The molecule has 0 unspecified atom stereocenters. The summed E-state index contributed by atoms with van der Waals surface area (Å²) in [7, 11) is -1.84. The minimum atomic E-state index is -1.84. The zero-order valence-electron chi connectivity index (χ0n) is 18.3. The maximum absolute atomic E-state index is 13.8. The van der Waals surface area contributed by atoms with Crippen LogP contribution in [0, 0.1) is 11.6 Å². The summed E-state index contributed by atoms with van der Waals surface area (Å²) in [6.45, 7) is 11.6. The number of hydrogen-bond acceptors (Lipinski definition) is 3. The van der Waals surface area contributed by atoms with Gasteiger partial charge in [-0.15, -0.1) is 0 Å². The fraction of sp³-hybridized carbons (Fsp3) is 0.391. The smallest absolute Gasteiger partial charge is 0.274 e. The number of rotatable bonds is 8. The second kappa shape index (κ2) is 10.1. The third kappa shape index (κ3) is 6.57. The maximum Gasteiger partial charge on any atom is 0.274 e. The number of amides is 1. The van der Waals surface area contributed by atoms with Gasteiger partial charge in [0.25, 0.3) is 5.91 Å². The first kappa shape index (κ1) is 23.9. The van der Waals surface area contributed by atoms with Crippen molar-refractivity contribution >= 4 is 19.9 Å². The van der Waals surface area contributed by atoms with Gasteiger partial charge in [-0.05, 0) is 54.7 Å². The number of carbonyl (C=O) groups is 1. The van der Waals surface area contributed by atoms with Crippen LogP contribution in [0.2, 0.25) is 18.1 Å². The Morgan fingerprint density at radius 3 is 2.40 bits per heavy atom. The molecule has 0 fully saturated rings. The van der Waals surface area contributed by atoms with Crippen LogP contribution in [0.4, 0.5) is 8.78 Å². The molecule has 2 aromatic carbocycles. The van der Waals surface area contributed by atoms with Crippen LogP contribution < -0.4 is 5.43 Å². The Morgan fingerprint density at radius 2 is 1.77 bits per heavy atom. The standard InChI is InChI=1S/C23H30F2N2O2Si/c1-23(2,3)30(4,5)29-15-9-12-21(17-10-7-6-8-11-17)26-27-22(28)19-16-18(24)13-14-20(19)25/h6-8,10-11,13-14,16H,9,12,15H2,1-5H3,(H,27,28). The Bertz CT molecular complexity index is 894. The van der Waals surface area contributed by atoms with Crippen LogP contribution in [-0.2, 0) is 4.43 Å². The highest BCUT2D eigenvalue weighted by atomic mass is 28.4. The first-order chi connectivity index (χ1) is 14.0. The van der Waals surface area contributed by atoms with E-state index in [0.717, 1.165) is 30.2 Å². The third-order valence-corrected chi connectivity index (χ3v) is 9.94. The van der Waals surface area contributed by atoms with E-state index in [2.05, 4.69) is 44.4 Å². The molecule has 0 aliphatic rings. The SMILES string of the molecule is CC(C)(C)[Si](C)(C)OCCCC(=NNC(=O)c1cc(F)ccc1F)c1ccccc1. The van der Waals surface area contributed by atoms with Crippen LogP contribution in [0.25, 0.3) is 0 Å². The van der Waals surface area contributed by atoms with E-state index >= 15 is 0 Å². The van der Waals surface area contributed by atoms with Crippen molar-refractivity contribution in [2.75, 3.05) is 6.61 Å². The van der Waals surface area contributed by atoms with E-state index < -0.39 is 25.9 Å². The fourth-order valence-corrected chi connectivity index (χ4v) is 3.62. The van der Waals surface area contributed by atoms with Gasteiger partial charge in [0.05, 0.1) is 11.3 Å². The van der Waals surface area contributed by atoms with Crippen molar-refractivity contribution in [3.05, 3.63) is 71.3 Å². The number of hydrazone groups is 1. The molecule has 30 heavy (non-hydrogen) atoms. The summed E-state index contributed by atoms with van der Waals surface area (Å²) in [4.78, 5) is 12.3. The van der Waals surface area contributed by atoms with Gasteiger partial charge in [0.2, 0.25) is 0 Å². The van der Waals surface area contributed by atoms with Gasteiger partial charge in [0, 0.05) is 6.61 Å². The Balaban J connectivity index is 2.09. The van der Waals surface area contributed by atoms with Crippen molar-refractivity contribution in [1.82, 2.24) is 5.43 Å². The summed E-state index contributed by atoms with van der Waals surface area (Å²) in [5, 5.41) is 4.34. The van der Waals surface area contributed by atoms with Gasteiger partial charge >= 0.3 is 0 Å². The van der Waals surface area contributed by atoms with Crippen LogP contribution in [0.3, 0.4) is 0 Å². The molecule has 2 aromatic rings. The van der Waals surface area contributed by atoms with Crippen molar-refractivity contribution < 1.29 is 18.0 Å². The van der Waals surface area contributed by atoms with E-state index in [1.165, 1.54) is 0 Å². The zero-order chi connectivity index (χ0) is 22.4. The molecular weight excluding hydrogens is 402 g/mol. The monoisotopic (exact) mass is 432 g/mol. The van der Waals surface area contributed by atoms with Gasteiger partial charge in [-0.1, -0.05) is 51.1 Å². The van der Waals surface area contributed by atoms with Crippen molar-refractivity contribution in [2.45, 2.75) is 51.7 Å². The highest BCUT2D eigenvalue weighted by Gasteiger charge is 2.36. The minimum absolute atomic E-state index is 0.131. The molecule has 0 aliphatic heterocycles. The summed E-state index contributed by atoms with van der Waals surface area (Å²) < 4.78 is 33.4. The van der Waals surface area contributed by atoms with Gasteiger partial charge in [-0.3, -0.25) is 4.79 Å². The maximum atomic E-state index is 13.8. The Kier molecular flexibility index (Phi) is 8.03. The minimum Gasteiger partial charge on any atom is -0.417 e. The average Bonchev–Trinajstić information content (AvgIpc) is 2.68. The predicted molar refractivity (Wildman–Crippen MR) is 119 cm³/mol. The molecule has 7 heteroatoms. The van der Waals surface area contributed by atoms with E-state index in [1.807, 2.05) is 30.3 Å². The molecule has 162 valence electrons. The van der Waals surface area contributed by atoms with Gasteiger partial charge in [-0.25, -0.2) is 14.2 Å². The average molecular weight is 433 g/mol. The van der Waals surface area contributed by atoms with Gasteiger partial charge in [-0.2, -0.15) is 5.10 Å². The second-order valence-electron chi connectivity index (χ2n) is 8.70. The van der Waals surface area contributed by atoms with Crippen molar-refractivity contribution in [2.24, 2.45) is 5.10 Å². The molecule has 0 aliphatic carbocycles. The van der Waals surface area contributed by atoms with Crippen LogP contribution in [-0.4, -0.2) is 26.5 Å². The molecule has 0 spiro atoms. The van der Waals surface area contributed by atoms with E-state index in [9.17, 15) is 13.6 Å². The van der Waals surface area contributed by atoms with Crippen molar-refractivity contribution in [3.8, 4) is 0 Å². The van der Waals surface area contributed by atoms with Gasteiger partial charge < -0.3 is 4.43 Å². The topological polar surface area (TPSA) is 50.7 Å². The zero-order valence-corrected chi connectivity index (χ0v) is 19.3. The van der Waals surface area contributed by atoms with Crippen molar-refractivity contribution in [3.63, 3.8) is 0 Å². The molecule has 0 bridgehead atoms. The number of nitrogens with zero attached hydrogens (tertiary/aromatic N) is 1. The normalized spacial score (nSPS) is 12.7. The first-order valence-electron chi connectivity index (χ1n) is 10.0. The summed E-state index contributed by atoms with van der Waals surface area (Å²) in [5.74, 6) is -2.28. The van der Waals surface area contributed by atoms with Crippen LogP contribution in [0.15, 0.2) is 53.6 Å². The second-order valence-corrected chi connectivity index (χ2v) is 13.5. The number of carbonyl (C=O) groups excluding carboxylic acids is 1. The summed E-state index contributed by atoms with van der Waals surface area (Å²) >= 11 is 0. The number of nitrogens with one attached hydrogen (secondary N) is 1. The lowest BCUT2D eigenvalue weighted by Crippen LogP contribution is -2.41. The highest BCUT2D eigenvalue weighted by Crippen LogP contribution is 2.36. The van der Waals surface area contributed by atoms with Crippen LogP contribution in [0.5, 0.6) is 0 Å². The molecule has 0 atom stereocenters. The molecule has 1 amide bonds. The molecule has 0 saturated heterocycles. The molecular formula is C23H30F2N2O2Si. The van der Waals surface area contributed by atoms with E-state index in [1.54, 1.807) is 0 Å². The molecule has 0 saturated carbocycles. The highest BCUT2D eigenvalue weighted by molar-refractivity contribution is 6.74. The van der Waals surface area contributed by atoms with Crippen molar-refractivity contribution in [1.29, 1.82) is 0 Å². The van der Waals surface area contributed by atoms with E-state index in [0.29, 0.717) is 18.7 Å². The Hall–Kier alpha value is -2.38. The molecule has 0 heterocycles. The number of hydrogen-bond donors (Lipinski definition) is 1. The molecule has 0 aromatic heterocycles. The Morgan fingerprint density at radius 1 is 1.10 bits per heavy atom. The van der Waals surface area contributed by atoms with Gasteiger partial charge in [0.1, 0.15) is 11.6 Å². The lowest BCUT2D eigenvalue weighted by Gasteiger charge is -2.36. The largest absolute Gasteiger partial charge is 0.417 e. The summed E-state index contributed by atoms with van der Waals surface area (Å²) in [6.07, 6.45) is 1.30. The molecule has 0 radical (unpaired) electrons. The lowest BCUT2D eigenvalue weighted by molar-refractivity contribution is 0.0950. The lowest BCUT2D eigenvalue weighted by atomic mass is 10.1. The van der Waals surface area contributed by atoms with Crippen LogP contribution >= 0.6 is 0 Å². The summed E-state index contributed by atoms with van der Waals surface area (Å²) in [5.41, 5.74) is 3.48. The van der Waals surface area contributed by atoms with Gasteiger partial charge in [0.15, 0.2) is 8.32 Å². The molecule has 1 N–H and O–H groups in total.